The molecule has 1 aliphatic heterocycles. The average molecular weight is 435 g/mol. The van der Waals surface area contributed by atoms with E-state index in [1.165, 1.54) is 16.4 Å². The Labute approximate surface area is 175 Å². The van der Waals surface area contributed by atoms with Crippen molar-refractivity contribution in [3.8, 4) is 0 Å². The molecule has 1 aromatic carbocycles. The van der Waals surface area contributed by atoms with Crippen LogP contribution in [0.3, 0.4) is 0 Å². The van der Waals surface area contributed by atoms with Gasteiger partial charge < -0.3 is 31.4 Å². The molecule has 31 heavy (non-hydrogen) atoms. The first-order chi connectivity index (χ1) is 14.6. The van der Waals surface area contributed by atoms with Gasteiger partial charge in [0.05, 0.1) is 22.6 Å². The van der Waals surface area contributed by atoms with Gasteiger partial charge in [0.25, 0.3) is 0 Å². The van der Waals surface area contributed by atoms with Gasteiger partial charge in [-0.1, -0.05) is 0 Å². The summed E-state index contributed by atoms with van der Waals surface area (Å²) < 4.78 is 32.3. The van der Waals surface area contributed by atoms with Crippen molar-refractivity contribution in [1.82, 2.24) is 9.88 Å². The largest absolute Gasteiger partial charge is 0.477 e. The molecule has 166 valence electrons. The number of hydrogen-bond donors (Lipinski definition) is 4. The summed E-state index contributed by atoms with van der Waals surface area (Å²) in [5.41, 5.74) is 8.68. The van der Waals surface area contributed by atoms with E-state index in [1.807, 2.05) is 0 Å². The maximum Gasteiger partial charge on any atom is 0.341 e. The first kappa shape index (κ1) is 21.0. The summed E-state index contributed by atoms with van der Waals surface area (Å²) in [6.07, 6.45) is 2.91. The highest BCUT2D eigenvalue weighted by molar-refractivity contribution is 5.99. The fourth-order valence-electron chi connectivity index (χ4n) is 4.04. The smallest absolute Gasteiger partial charge is 0.341 e. The molecule has 1 saturated carbocycles. The van der Waals surface area contributed by atoms with E-state index in [4.69, 9.17) is 11.5 Å². The third-order valence-corrected chi connectivity index (χ3v) is 5.80. The molecule has 0 unspecified atom stereocenters. The first-order valence-corrected chi connectivity index (χ1v) is 10.0. The van der Waals surface area contributed by atoms with Crippen LogP contribution in [-0.4, -0.2) is 46.7 Å². The van der Waals surface area contributed by atoms with Crippen LogP contribution in [0.2, 0.25) is 0 Å². The van der Waals surface area contributed by atoms with Gasteiger partial charge in [-0.05, 0) is 26.2 Å². The lowest BCUT2D eigenvalue weighted by molar-refractivity contribution is -0.122. The van der Waals surface area contributed by atoms with Crippen LogP contribution in [-0.2, 0) is 4.79 Å². The summed E-state index contributed by atoms with van der Waals surface area (Å²) in [7, 11) is 0. The van der Waals surface area contributed by atoms with Crippen molar-refractivity contribution in [3.05, 3.63) is 33.6 Å². The fourth-order valence-corrected chi connectivity index (χ4v) is 4.04. The monoisotopic (exact) mass is 435 g/mol. The van der Waals surface area contributed by atoms with Crippen LogP contribution in [0.4, 0.5) is 20.2 Å². The zero-order valence-corrected chi connectivity index (χ0v) is 16.8. The number of anilines is 2. The summed E-state index contributed by atoms with van der Waals surface area (Å²) in [6.45, 7) is 1.93. The molecule has 9 nitrogen and oxygen atoms in total. The number of nitrogen functional groups attached to an aromatic ring is 1. The molecule has 0 bridgehead atoms. The molecular weight excluding hydrogens is 412 g/mol. The topological polar surface area (TPSA) is 144 Å². The summed E-state index contributed by atoms with van der Waals surface area (Å²) >= 11 is 0. The zero-order chi connectivity index (χ0) is 22.6. The number of aromatic nitrogens is 1. The molecule has 1 amide bonds. The van der Waals surface area contributed by atoms with Gasteiger partial charge in [0.1, 0.15) is 11.3 Å². The second-order valence-corrected chi connectivity index (χ2v) is 8.16. The third kappa shape index (κ3) is 3.48. The molecule has 2 atom stereocenters. The van der Waals surface area contributed by atoms with Gasteiger partial charge in [-0.2, -0.15) is 0 Å². The van der Waals surface area contributed by atoms with Crippen molar-refractivity contribution < 1.29 is 23.5 Å². The number of hydrogen-bond acceptors (Lipinski definition) is 6. The molecule has 1 aliphatic carbocycles. The SMILES string of the molecule is C[C@H](N)C(=O)N[C@H]1CCN(c2c(F)c(N)c3c(=O)c(C(=O)O)cn(C4CC4)c3c2F)C1. The molecule has 2 heterocycles. The molecule has 0 radical (unpaired) electrons. The van der Waals surface area contributed by atoms with Gasteiger partial charge in [0, 0.05) is 31.4 Å². The molecule has 2 fully saturated rings. The number of carbonyl (C=O) groups is 2. The highest BCUT2D eigenvalue weighted by Crippen LogP contribution is 2.42. The number of carbonyl (C=O) groups excluding carboxylic acids is 1. The Kier molecular flexibility index (Phi) is 5.08. The van der Waals surface area contributed by atoms with E-state index >= 15 is 8.78 Å². The van der Waals surface area contributed by atoms with Gasteiger partial charge in [0.2, 0.25) is 11.3 Å². The number of nitrogens with one attached hydrogen (secondary N) is 1. The number of carboxylic acid groups (broad SMARTS) is 1. The quantitative estimate of drug-likeness (QED) is 0.512. The number of benzene rings is 1. The minimum Gasteiger partial charge on any atom is -0.477 e. The van der Waals surface area contributed by atoms with Crippen molar-refractivity contribution in [2.24, 2.45) is 5.73 Å². The van der Waals surface area contributed by atoms with Gasteiger partial charge in [-0.15, -0.1) is 0 Å². The summed E-state index contributed by atoms with van der Waals surface area (Å²) in [6, 6.07) is -1.26. The number of aromatic carboxylic acids is 1. The maximum absolute atomic E-state index is 15.7. The van der Waals surface area contributed by atoms with Gasteiger partial charge in [0.15, 0.2) is 11.6 Å². The Morgan fingerprint density at radius 1 is 1.26 bits per heavy atom. The second-order valence-electron chi connectivity index (χ2n) is 8.16. The number of halogens is 2. The van der Waals surface area contributed by atoms with Crippen molar-refractivity contribution in [3.63, 3.8) is 0 Å². The summed E-state index contributed by atoms with van der Waals surface area (Å²) in [4.78, 5) is 37.5. The van der Waals surface area contributed by atoms with Gasteiger partial charge in [-0.25, -0.2) is 13.6 Å². The predicted molar refractivity (Wildman–Crippen MR) is 110 cm³/mol. The lowest BCUT2D eigenvalue weighted by Gasteiger charge is -2.24. The molecule has 2 aliphatic rings. The van der Waals surface area contributed by atoms with Gasteiger partial charge in [-0.3, -0.25) is 9.59 Å². The van der Waals surface area contributed by atoms with Crippen molar-refractivity contribution in [2.75, 3.05) is 23.7 Å². The lowest BCUT2D eigenvalue weighted by atomic mass is 10.1. The number of nitrogens with two attached hydrogens (primary N) is 2. The number of amides is 1. The standard InChI is InChI=1S/C20H23F2N5O4/c1-8(23)19(29)25-9-4-5-26(6-9)17-13(21)15(24)12-16(14(17)22)27(10-2-3-10)7-11(18(12)28)20(30)31/h7-10H,2-6,23-24H2,1H3,(H,25,29)(H,30,31)/t8-,9-/m0/s1. The van der Waals surface area contributed by atoms with E-state index in [1.54, 1.807) is 0 Å². The van der Waals surface area contributed by atoms with E-state index in [-0.39, 0.29) is 42.3 Å². The molecule has 6 N–H and O–H groups in total. The Hall–Kier alpha value is -3.21. The van der Waals surface area contributed by atoms with E-state index in [2.05, 4.69) is 5.32 Å². The number of nitrogens with zero attached hydrogens (tertiary/aromatic N) is 2. The summed E-state index contributed by atoms with van der Waals surface area (Å²) in [5, 5.41) is 11.6. The molecule has 11 heteroatoms. The van der Waals surface area contributed by atoms with Crippen molar-refractivity contribution >= 4 is 34.2 Å². The fraction of sp³-hybridized carbons (Fsp3) is 0.450. The third-order valence-electron chi connectivity index (χ3n) is 5.80. The Balaban J connectivity index is 1.84. The number of fused-ring (bicyclic) bond motifs is 1. The Bertz CT molecular complexity index is 1160. The average Bonchev–Trinajstić information content (AvgIpc) is 3.45. The van der Waals surface area contributed by atoms with E-state index in [0.29, 0.717) is 19.3 Å². The normalized spacial score (nSPS) is 19.6. The molecule has 1 aromatic heterocycles. The van der Waals surface area contributed by atoms with E-state index in [9.17, 15) is 19.5 Å². The van der Waals surface area contributed by atoms with E-state index < -0.39 is 45.7 Å². The first-order valence-electron chi connectivity index (χ1n) is 10.0. The van der Waals surface area contributed by atoms with Crippen LogP contribution in [0.25, 0.3) is 10.9 Å². The highest BCUT2D eigenvalue weighted by Gasteiger charge is 2.35. The maximum atomic E-state index is 15.7. The minimum atomic E-state index is -1.49. The number of carboxylic acids is 1. The van der Waals surface area contributed by atoms with Crippen LogP contribution in [0.15, 0.2) is 11.0 Å². The molecular formula is C20H23F2N5O4. The van der Waals surface area contributed by atoms with Crippen molar-refractivity contribution in [1.29, 1.82) is 0 Å². The molecule has 4 rings (SSSR count). The van der Waals surface area contributed by atoms with Gasteiger partial charge >= 0.3 is 5.97 Å². The van der Waals surface area contributed by atoms with Crippen LogP contribution >= 0.6 is 0 Å². The van der Waals surface area contributed by atoms with Crippen LogP contribution in [0.1, 0.15) is 42.6 Å². The van der Waals surface area contributed by atoms with Crippen molar-refractivity contribution in [2.45, 2.75) is 44.3 Å². The molecule has 2 aromatic rings. The van der Waals surface area contributed by atoms with Crippen LogP contribution in [0.5, 0.6) is 0 Å². The van der Waals surface area contributed by atoms with Crippen LogP contribution < -0.4 is 27.1 Å². The Morgan fingerprint density at radius 3 is 2.52 bits per heavy atom. The minimum absolute atomic E-state index is 0.137. The summed E-state index contributed by atoms with van der Waals surface area (Å²) in [5.74, 6) is -3.94. The Morgan fingerprint density at radius 2 is 1.94 bits per heavy atom. The van der Waals surface area contributed by atoms with Crippen LogP contribution in [0, 0.1) is 11.6 Å². The second kappa shape index (κ2) is 7.49. The highest BCUT2D eigenvalue weighted by atomic mass is 19.1. The lowest BCUT2D eigenvalue weighted by Crippen LogP contribution is -2.45. The molecule has 1 saturated heterocycles. The molecule has 0 spiro atoms. The zero-order valence-electron chi connectivity index (χ0n) is 16.8. The van der Waals surface area contributed by atoms with E-state index in [0.717, 1.165) is 6.20 Å². The number of pyridine rings is 1. The number of rotatable bonds is 5. The predicted octanol–water partition coefficient (Wildman–Crippen LogP) is 0.937.